The van der Waals surface area contributed by atoms with E-state index in [2.05, 4.69) is 52.6 Å². The molecule has 1 aliphatic heterocycles. The van der Waals surface area contributed by atoms with Crippen molar-refractivity contribution in [3.8, 4) is 0 Å². The number of piperidine rings is 1. The molecule has 0 aromatic heterocycles. The summed E-state index contributed by atoms with van der Waals surface area (Å²) < 4.78 is 0. The molecule has 153 valence electrons. The van der Waals surface area contributed by atoms with Gasteiger partial charge in [0, 0.05) is 17.7 Å². The standard InChI is InChI=1S/C26H44N/c1-18(2)8-6-9-19(3)21-11-12-22-20-10-13-24-26(5,15-7-17-27-24)23(20)14-16-25(21,22)4/h13,17-23,27H,6-12,14-16H2,1-5H3/t19-,20+,21-,22+,23+,25-,26-/m1/s1. The molecule has 7 atom stereocenters. The van der Waals surface area contributed by atoms with Gasteiger partial charge in [-0.05, 0) is 85.9 Å². The molecule has 4 aliphatic rings. The highest BCUT2D eigenvalue weighted by Crippen LogP contribution is 2.66. The second-order valence-electron chi connectivity index (χ2n) is 11.6. The summed E-state index contributed by atoms with van der Waals surface area (Å²) in [6, 6.07) is 0. The van der Waals surface area contributed by atoms with Gasteiger partial charge < -0.3 is 5.32 Å². The van der Waals surface area contributed by atoms with Crippen LogP contribution in [0.15, 0.2) is 11.8 Å². The zero-order valence-corrected chi connectivity index (χ0v) is 18.7. The predicted molar refractivity (Wildman–Crippen MR) is 116 cm³/mol. The zero-order chi connectivity index (χ0) is 19.2. The van der Waals surface area contributed by atoms with E-state index in [1.54, 1.807) is 5.70 Å². The molecule has 0 spiro atoms. The van der Waals surface area contributed by atoms with Crippen LogP contribution in [0.1, 0.15) is 98.8 Å². The fourth-order valence-corrected chi connectivity index (χ4v) is 8.22. The van der Waals surface area contributed by atoms with Gasteiger partial charge in [0.25, 0.3) is 0 Å². The topological polar surface area (TPSA) is 12.0 Å². The molecule has 4 rings (SSSR count). The first-order chi connectivity index (χ1) is 12.9. The Bertz CT molecular complexity index is 563. The SMILES string of the molecule is CC(C)CCC[C@@H](C)[C@H]1CC[C@H]2[C@@H]3CC=C4N[CH]CC[C@]4(C)[C@H]3CC[C@]12C. The van der Waals surface area contributed by atoms with Gasteiger partial charge in [-0.25, -0.2) is 0 Å². The minimum absolute atomic E-state index is 0.431. The summed E-state index contributed by atoms with van der Waals surface area (Å²) in [5.74, 6) is 5.62. The Balaban J connectivity index is 1.49. The molecular formula is C26H44N. The highest BCUT2D eigenvalue weighted by atomic mass is 14.9. The predicted octanol–water partition coefficient (Wildman–Crippen LogP) is 7.35. The van der Waals surface area contributed by atoms with Crippen molar-refractivity contribution in [1.82, 2.24) is 5.32 Å². The molecule has 1 radical (unpaired) electrons. The maximum Gasteiger partial charge on any atom is 0.0460 e. The van der Waals surface area contributed by atoms with E-state index in [4.69, 9.17) is 0 Å². The summed E-state index contributed by atoms with van der Waals surface area (Å²) in [4.78, 5) is 0. The van der Waals surface area contributed by atoms with Gasteiger partial charge >= 0.3 is 0 Å². The molecule has 0 aromatic rings. The highest BCUT2D eigenvalue weighted by molar-refractivity contribution is 5.24. The first kappa shape index (κ1) is 19.8. The van der Waals surface area contributed by atoms with Crippen LogP contribution in [0.3, 0.4) is 0 Å². The van der Waals surface area contributed by atoms with Gasteiger partial charge in [-0.1, -0.05) is 60.0 Å². The Labute approximate surface area is 169 Å². The fraction of sp³-hybridized carbons (Fsp3) is 0.885. The average Bonchev–Trinajstić information content (AvgIpc) is 2.98. The summed E-state index contributed by atoms with van der Waals surface area (Å²) in [6.07, 6.45) is 16.8. The van der Waals surface area contributed by atoms with E-state index in [-0.39, 0.29) is 0 Å². The van der Waals surface area contributed by atoms with Gasteiger partial charge in [-0.2, -0.15) is 0 Å². The molecule has 2 saturated carbocycles. The molecule has 0 amide bonds. The first-order valence-electron chi connectivity index (χ1n) is 12.1. The molecule has 3 fully saturated rings. The lowest BCUT2D eigenvalue weighted by Gasteiger charge is -2.58. The van der Waals surface area contributed by atoms with Crippen LogP contribution >= 0.6 is 0 Å². The monoisotopic (exact) mass is 370 g/mol. The number of hydrogen-bond acceptors (Lipinski definition) is 1. The fourth-order valence-electron chi connectivity index (χ4n) is 8.22. The first-order valence-corrected chi connectivity index (χ1v) is 12.1. The average molecular weight is 371 g/mol. The van der Waals surface area contributed by atoms with Crippen molar-refractivity contribution >= 4 is 0 Å². The molecule has 1 heterocycles. The third-order valence-electron chi connectivity index (χ3n) is 9.73. The molecule has 1 nitrogen and oxygen atoms in total. The Kier molecular flexibility index (Phi) is 5.45. The molecule has 1 N–H and O–H groups in total. The van der Waals surface area contributed by atoms with Crippen molar-refractivity contribution < 1.29 is 0 Å². The van der Waals surface area contributed by atoms with Crippen molar-refractivity contribution in [2.45, 2.75) is 98.8 Å². The van der Waals surface area contributed by atoms with Gasteiger partial charge in [-0.15, -0.1) is 0 Å². The Morgan fingerprint density at radius 3 is 2.63 bits per heavy atom. The van der Waals surface area contributed by atoms with E-state index in [0.717, 1.165) is 35.5 Å². The summed E-state index contributed by atoms with van der Waals surface area (Å²) >= 11 is 0. The van der Waals surface area contributed by atoms with E-state index < -0.39 is 0 Å². The molecule has 3 aliphatic carbocycles. The van der Waals surface area contributed by atoms with E-state index in [9.17, 15) is 0 Å². The Hall–Kier alpha value is -0.460. The summed E-state index contributed by atoms with van der Waals surface area (Å²) in [6.45, 7) is 14.9. The van der Waals surface area contributed by atoms with Crippen LogP contribution in [0.5, 0.6) is 0 Å². The van der Waals surface area contributed by atoms with Crippen LogP contribution in [0.25, 0.3) is 0 Å². The van der Waals surface area contributed by atoms with Gasteiger partial charge in [0.15, 0.2) is 0 Å². The van der Waals surface area contributed by atoms with Crippen molar-refractivity contribution in [2.75, 3.05) is 0 Å². The molecule has 27 heavy (non-hydrogen) atoms. The molecule has 1 heteroatoms. The number of allylic oxidation sites excluding steroid dienone is 2. The van der Waals surface area contributed by atoms with Crippen LogP contribution in [-0.4, -0.2) is 0 Å². The van der Waals surface area contributed by atoms with Crippen LogP contribution < -0.4 is 5.32 Å². The largest absolute Gasteiger partial charge is 0.383 e. The molecular weight excluding hydrogens is 326 g/mol. The normalized spacial score (nSPS) is 44.7. The Morgan fingerprint density at radius 2 is 1.85 bits per heavy atom. The lowest BCUT2D eigenvalue weighted by Crippen LogP contribution is -2.52. The smallest absolute Gasteiger partial charge is 0.0460 e. The van der Waals surface area contributed by atoms with Crippen LogP contribution in [0.4, 0.5) is 0 Å². The van der Waals surface area contributed by atoms with E-state index in [0.29, 0.717) is 10.8 Å². The van der Waals surface area contributed by atoms with Gasteiger partial charge in [0.05, 0.1) is 0 Å². The van der Waals surface area contributed by atoms with Crippen molar-refractivity contribution in [3.05, 3.63) is 18.3 Å². The molecule has 0 aromatic carbocycles. The number of rotatable bonds is 5. The quantitative estimate of drug-likeness (QED) is 0.533. The van der Waals surface area contributed by atoms with E-state index in [1.165, 1.54) is 64.2 Å². The second-order valence-corrected chi connectivity index (χ2v) is 11.6. The number of nitrogens with one attached hydrogen (secondary N) is 1. The zero-order valence-electron chi connectivity index (χ0n) is 18.7. The maximum absolute atomic E-state index is 3.66. The number of fused-ring (bicyclic) bond motifs is 5. The lowest BCUT2D eigenvalue weighted by molar-refractivity contribution is -0.0497. The van der Waals surface area contributed by atoms with Crippen molar-refractivity contribution in [1.29, 1.82) is 0 Å². The second kappa shape index (κ2) is 7.42. The molecule has 0 bridgehead atoms. The third-order valence-corrected chi connectivity index (χ3v) is 9.73. The van der Waals surface area contributed by atoms with Gasteiger partial charge in [0.1, 0.15) is 0 Å². The van der Waals surface area contributed by atoms with Crippen LogP contribution in [0.2, 0.25) is 0 Å². The van der Waals surface area contributed by atoms with Gasteiger partial charge in [0.2, 0.25) is 0 Å². The summed E-state index contributed by atoms with van der Waals surface area (Å²) in [5.41, 5.74) is 2.61. The minimum Gasteiger partial charge on any atom is -0.383 e. The highest BCUT2D eigenvalue weighted by Gasteiger charge is 2.58. The van der Waals surface area contributed by atoms with Gasteiger partial charge in [-0.3, -0.25) is 0 Å². The lowest BCUT2D eigenvalue weighted by atomic mass is 9.48. The number of hydrogen-bond donors (Lipinski definition) is 1. The summed E-state index contributed by atoms with van der Waals surface area (Å²) in [7, 11) is 0. The minimum atomic E-state index is 0.431. The van der Waals surface area contributed by atoms with Crippen LogP contribution in [0, 0.1) is 52.9 Å². The third kappa shape index (κ3) is 3.29. The van der Waals surface area contributed by atoms with Crippen molar-refractivity contribution in [2.24, 2.45) is 46.3 Å². The molecule has 0 unspecified atom stereocenters. The van der Waals surface area contributed by atoms with E-state index in [1.807, 2.05) is 0 Å². The maximum atomic E-state index is 3.66. The van der Waals surface area contributed by atoms with Crippen molar-refractivity contribution in [3.63, 3.8) is 0 Å². The summed E-state index contributed by atoms with van der Waals surface area (Å²) in [5, 5.41) is 3.66. The molecule has 1 saturated heterocycles. The van der Waals surface area contributed by atoms with Crippen LogP contribution in [-0.2, 0) is 0 Å². The van der Waals surface area contributed by atoms with E-state index >= 15 is 0 Å². The Morgan fingerprint density at radius 1 is 1.04 bits per heavy atom.